The molecule has 4 nitrogen and oxygen atoms in total. The fraction of sp³-hybridized carbons (Fsp3) is 0. The predicted octanol–water partition coefficient (Wildman–Crippen LogP) is 4.14. The summed E-state index contributed by atoms with van der Waals surface area (Å²) in [6, 6.07) is 17.8. The van der Waals surface area contributed by atoms with Crippen LogP contribution in [0, 0.1) is 0 Å². The molecule has 0 radical (unpaired) electrons. The molecule has 2 aromatic carbocycles. The normalized spacial score (nSPS) is 11.0. The fourth-order valence-electron chi connectivity index (χ4n) is 2.70. The molecule has 23 heavy (non-hydrogen) atoms. The lowest BCUT2D eigenvalue weighted by atomic mass is 10.1. The molecule has 0 saturated heterocycles. The Labute approximate surface area is 140 Å². The van der Waals surface area contributed by atoms with Crippen molar-refractivity contribution in [1.82, 2.24) is 14.5 Å². The quantitative estimate of drug-likeness (QED) is 0.580. The molecular formula is C18H12BrN3O. The largest absolute Gasteiger partial charge is 0.312 e. The number of nitrogens with zero attached hydrogens (tertiary/aromatic N) is 2. The van der Waals surface area contributed by atoms with Crippen molar-refractivity contribution in [3.63, 3.8) is 0 Å². The highest BCUT2D eigenvalue weighted by molar-refractivity contribution is 9.10. The average molecular weight is 366 g/mol. The number of nitrogens with one attached hydrogen (secondary N) is 1. The van der Waals surface area contributed by atoms with Crippen LogP contribution in [0.15, 0.2) is 76.4 Å². The molecule has 0 unspecified atom stereocenters. The van der Waals surface area contributed by atoms with Crippen LogP contribution < -0.4 is 5.56 Å². The summed E-state index contributed by atoms with van der Waals surface area (Å²) in [6.07, 6.45) is 3.40. The van der Waals surface area contributed by atoms with Gasteiger partial charge < -0.3 is 9.55 Å². The van der Waals surface area contributed by atoms with Gasteiger partial charge in [0.25, 0.3) is 5.56 Å². The lowest BCUT2D eigenvalue weighted by Gasteiger charge is -2.03. The van der Waals surface area contributed by atoms with Gasteiger partial charge >= 0.3 is 0 Å². The lowest BCUT2D eigenvalue weighted by Crippen LogP contribution is -2.07. The van der Waals surface area contributed by atoms with Crippen molar-refractivity contribution in [2.75, 3.05) is 0 Å². The van der Waals surface area contributed by atoms with Gasteiger partial charge in [0.05, 0.1) is 11.7 Å². The van der Waals surface area contributed by atoms with Crippen LogP contribution in [0.2, 0.25) is 0 Å². The number of para-hydroxylation sites is 1. The molecule has 0 aliphatic heterocycles. The second-order valence-electron chi connectivity index (χ2n) is 5.19. The molecule has 2 heterocycles. The molecule has 0 saturated carbocycles. The molecule has 0 aliphatic rings. The Morgan fingerprint density at radius 2 is 1.74 bits per heavy atom. The third kappa shape index (κ3) is 2.39. The molecule has 0 amide bonds. The highest BCUT2D eigenvalue weighted by Gasteiger charge is 2.15. The molecule has 1 N–H and O–H groups in total. The third-order valence-electron chi connectivity index (χ3n) is 3.78. The van der Waals surface area contributed by atoms with E-state index >= 15 is 0 Å². The summed E-state index contributed by atoms with van der Waals surface area (Å²) >= 11 is 3.44. The van der Waals surface area contributed by atoms with Gasteiger partial charge in [-0.3, -0.25) is 4.79 Å². The molecule has 112 valence electrons. The number of aromatic nitrogens is 3. The molecule has 0 bridgehead atoms. The zero-order valence-electron chi connectivity index (χ0n) is 12.0. The van der Waals surface area contributed by atoms with Gasteiger partial charge in [0.2, 0.25) is 0 Å². The average Bonchev–Trinajstić information content (AvgIpc) is 2.97. The van der Waals surface area contributed by atoms with Crippen molar-refractivity contribution in [2.24, 2.45) is 0 Å². The molecule has 0 spiro atoms. The van der Waals surface area contributed by atoms with Crippen LogP contribution in [0.3, 0.4) is 0 Å². The second kappa shape index (κ2) is 5.52. The summed E-state index contributed by atoms with van der Waals surface area (Å²) in [6.45, 7) is 0. The van der Waals surface area contributed by atoms with Crippen LogP contribution in [0.5, 0.6) is 0 Å². The minimum atomic E-state index is -0.136. The summed E-state index contributed by atoms with van der Waals surface area (Å²) in [5.41, 5.74) is 3.33. The number of H-pyrrole nitrogens is 1. The Bertz CT molecular complexity index is 1030. The van der Waals surface area contributed by atoms with Crippen molar-refractivity contribution in [3.05, 3.63) is 81.9 Å². The van der Waals surface area contributed by atoms with E-state index in [0.717, 1.165) is 21.3 Å². The predicted molar refractivity (Wildman–Crippen MR) is 94.8 cm³/mol. The van der Waals surface area contributed by atoms with E-state index in [2.05, 4.69) is 25.9 Å². The van der Waals surface area contributed by atoms with Crippen LogP contribution in [-0.4, -0.2) is 14.5 Å². The Morgan fingerprint density at radius 1 is 1.00 bits per heavy atom. The molecule has 4 rings (SSSR count). The second-order valence-corrected chi connectivity index (χ2v) is 6.10. The maximum absolute atomic E-state index is 12.4. The molecule has 0 atom stereocenters. The summed E-state index contributed by atoms with van der Waals surface area (Å²) in [4.78, 5) is 19.4. The molecule has 2 aromatic heterocycles. The van der Waals surface area contributed by atoms with E-state index in [1.807, 2.05) is 65.4 Å². The Morgan fingerprint density at radius 3 is 2.48 bits per heavy atom. The van der Waals surface area contributed by atoms with Crippen molar-refractivity contribution in [1.29, 1.82) is 0 Å². The zero-order chi connectivity index (χ0) is 15.8. The first-order chi connectivity index (χ1) is 11.2. The van der Waals surface area contributed by atoms with Gasteiger partial charge in [-0.25, -0.2) is 4.98 Å². The summed E-state index contributed by atoms with van der Waals surface area (Å²) in [7, 11) is 0. The van der Waals surface area contributed by atoms with Crippen LogP contribution in [0.4, 0.5) is 0 Å². The molecular weight excluding hydrogens is 354 g/mol. The fourth-order valence-corrected chi connectivity index (χ4v) is 2.97. The topological polar surface area (TPSA) is 50.7 Å². The van der Waals surface area contributed by atoms with Crippen molar-refractivity contribution in [3.8, 4) is 16.8 Å². The first-order valence-corrected chi connectivity index (χ1v) is 7.93. The Kier molecular flexibility index (Phi) is 3.35. The van der Waals surface area contributed by atoms with Gasteiger partial charge in [-0.05, 0) is 29.8 Å². The summed E-state index contributed by atoms with van der Waals surface area (Å²) in [5, 5.41) is 0.596. The SMILES string of the molecule is O=c1[nH]cnc2c1c(-c1ccc(Br)cc1)cn2-c1ccccc1. The van der Waals surface area contributed by atoms with Gasteiger partial charge in [0.15, 0.2) is 5.65 Å². The van der Waals surface area contributed by atoms with E-state index in [-0.39, 0.29) is 5.56 Å². The zero-order valence-corrected chi connectivity index (χ0v) is 13.6. The third-order valence-corrected chi connectivity index (χ3v) is 4.31. The highest BCUT2D eigenvalue weighted by atomic mass is 79.9. The van der Waals surface area contributed by atoms with Crippen molar-refractivity contribution >= 4 is 27.0 Å². The van der Waals surface area contributed by atoms with Crippen LogP contribution in [0.25, 0.3) is 27.8 Å². The minimum absolute atomic E-state index is 0.136. The minimum Gasteiger partial charge on any atom is -0.312 e. The number of hydrogen-bond acceptors (Lipinski definition) is 2. The maximum atomic E-state index is 12.4. The van der Waals surface area contributed by atoms with Crippen molar-refractivity contribution in [2.45, 2.75) is 0 Å². The van der Waals surface area contributed by atoms with Gasteiger partial charge in [-0.2, -0.15) is 0 Å². The molecule has 4 aromatic rings. The van der Waals surface area contributed by atoms with E-state index < -0.39 is 0 Å². The van der Waals surface area contributed by atoms with Gasteiger partial charge in [-0.1, -0.05) is 46.3 Å². The monoisotopic (exact) mass is 365 g/mol. The number of hydrogen-bond donors (Lipinski definition) is 1. The number of halogens is 1. The van der Waals surface area contributed by atoms with E-state index in [9.17, 15) is 4.79 Å². The molecule has 0 fully saturated rings. The summed E-state index contributed by atoms with van der Waals surface area (Å²) in [5.74, 6) is 0. The number of aromatic amines is 1. The Hall–Kier alpha value is -2.66. The Balaban J connectivity index is 2.06. The lowest BCUT2D eigenvalue weighted by molar-refractivity contribution is 1.07. The first-order valence-electron chi connectivity index (χ1n) is 7.14. The molecule has 0 aliphatic carbocycles. The number of benzene rings is 2. The first kappa shape index (κ1) is 14.0. The summed E-state index contributed by atoms with van der Waals surface area (Å²) < 4.78 is 2.95. The van der Waals surface area contributed by atoms with E-state index in [1.165, 1.54) is 6.33 Å². The van der Waals surface area contributed by atoms with E-state index in [0.29, 0.717) is 11.0 Å². The maximum Gasteiger partial charge on any atom is 0.260 e. The van der Waals surface area contributed by atoms with E-state index in [1.54, 1.807) is 0 Å². The van der Waals surface area contributed by atoms with Gasteiger partial charge in [0, 0.05) is 21.9 Å². The van der Waals surface area contributed by atoms with Crippen LogP contribution in [-0.2, 0) is 0 Å². The van der Waals surface area contributed by atoms with E-state index in [4.69, 9.17) is 0 Å². The van der Waals surface area contributed by atoms with Gasteiger partial charge in [0.1, 0.15) is 0 Å². The van der Waals surface area contributed by atoms with Crippen molar-refractivity contribution < 1.29 is 0 Å². The number of fused-ring (bicyclic) bond motifs is 1. The van der Waals surface area contributed by atoms with Crippen LogP contribution in [0.1, 0.15) is 0 Å². The van der Waals surface area contributed by atoms with Crippen LogP contribution >= 0.6 is 15.9 Å². The highest BCUT2D eigenvalue weighted by Crippen LogP contribution is 2.30. The number of rotatable bonds is 2. The standard InChI is InChI=1S/C18H12BrN3O/c19-13-8-6-12(7-9-13)15-10-22(14-4-2-1-3-5-14)17-16(15)18(23)21-11-20-17/h1-11H,(H,20,21,23). The smallest absolute Gasteiger partial charge is 0.260 e. The molecule has 5 heteroatoms. The van der Waals surface area contributed by atoms with Gasteiger partial charge in [-0.15, -0.1) is 0 Å².